The fourth-order valence-electron chi connectivity index (χ4n) is 1.43. The van der Waals surface area contributed by atoms with E-state index < -0.39 is 0 Å². The summed E-state index contributed by atoms with van der Waals surface area (Å²) in [4.78, 5) is 11.8. The van der Waals surface area contributed by atoms with E-state index in [1.165, 1.54) is 0 Å². The Morgan fingerprint density at radius 2 is 2.35 bits per heavy atom. The zero-order valence-corrected chi connectivity index (χ0v) is 9.23. The number of hydrogen-bond acceptors (Lipinski definition) is 6. The standard InChI is InChI=1S/C9H6N6OS/c16-8(11-9-13-14-15-17-9)5-1-2-6-4-10-12-7(6)3-5/h1-4H,(H,10,12)(H,11,13,15,16). The van der Waals surface area contributed by atoms with Crippen molar-refractivity contribution in [2.75, 3.05) is 5.32 Å². The molecule has 7 nitrogen and oxygen atoms in total. The number of nitrogens with zero attached hydrogens (tertiary/aromatic N) is 4. The van der Waals surface area contributed by atoms with Gasteiger partial charge in [-0.2, -0.15) is 5.10 Å². The lowest BCUT2D eigenvalue weighted by atomic mass is 10.1. The minimum atomic E-state index is -0.250. The molecular formula is C9H6N6OS. The van der Waals surface area contributed by atoms with Crippen molar-refractivity contribution in [2.24, 2.45) is 0 Å². The van der Waals surface area contributed by atoms with Gasteiger partial charge in [-0.05, 0) is 17.3 Å². The van der Waals surface area contributed by atoms with E-state index >= 15 is 0 Å². The average molecular weight is 246 g/mol. The molecule has 1 amide bonds. The molecule has 84 valence electrons. The van der Waals surface area contributed by atoms with Crippen LogP contribution in [-0.2, 0) is 0 Å². The van der Waals surface area contributed by atoms with Gasteiger partial charge in [-0.15, -0.1) is 0 Å². The third-order valence-corrected chi connectivity index (χ3v) is 2.74. The zero-order chi connectivity index (χ0) is 11.7. The Labute approximate surface area is 99.0 Å². The third kappa shape index (κ3) is 1.85. The quantitative estimate of drug-likeness (QED) is 0.704. The van der Waals surface area contributed by atoms with Crippen LogP contribution in [0.1, 0.15) is 10.4 Å². The van der Waals surface area contributed by atoms with Crippen molar-refractivity contribution in [3.63, 3.8) is 0 Å². The normalized spacial score (nSPS) is 10.6. The lowest BCUT2D eigenvalue weighted by molar-refractivity contribution is 0.102. The fourth-order valence-corrected chi connectivity index (χ4v) is 1.79. The van der Waals surface area contributed by atoms with Crippen molar-refractivity contribution in [1.82, 2.24) is 25.0 Å². The number of H-pyrrole nitrogens is 1. The van der Waals surface area contributed by atoms with Crippen LogP contribution in [0.25, 0.3) is 10.9 Å². The van der Waals surface area contributed by atoms with Gasteiger partial charge in [0.15, 0.2) is 0 Å². The Hall–Kier alpha value is -2.35. The molecule has 0 unspecified atom stereocenters. The van der Waals surface area contributed by atoms with Gasteiger partial charge in [0.2, 0.25) is 5.13 Å². The first-order chi connectivity index (χ1) is 8.33. The van der Waals surface area contributed by atoms with Gasteiger partial charge < -0.3 is 0 Å². The van der Waals surface area contributed by atoms with Crippen LogP contribution in [0, 0.1) is 0 Å². The minimum Gasteiger partial charge on any atom is -0.295 e. The Bertz CT molecular complexity index is 661. The van der Waals surface area contributed by atoms with Crippen LogP contribution in [0.4, 0.5) is 5.13 Å². The summed E-state index contributed by atoms with van der Waals surface area (Å²) in [5.41, 5.74) is 1.34. The molecule has 0 aliphatic rings. The molecule has 0 saturated heterocycles. The van der Waals surface area contributed by atoms with Crippen molar-refractivity contribution in [2.45, 2.75) is 0 Å². The van der Waals surface area contributed by atoms with Crippen molar-refractivity contribution >= 4 is 33.5 Å². The first kappa shape index (κ1) is 9.85. The van der Waals surface area contributed by atoms with Gasteiger partial charge in [-0.1, -0.05) is 15.7 Å². The number of fused-ring (bicyclic) bond motifs is 1. The summed E-state index contributed by atoms with van der Waals surface area (Å²) >= 11 is 1.03. The van der Waals surface area contributed by atoms with Crippen LogP contribution in [0.2, 0.25) is 0 Å². The van der Waals surface area contributed by atoms with Gasteiger partial charge in [-0.3, -0.25) is 15.2 Å². The van der Waals surface area contributed by atoms with Crippen LogP contribution in [0.3, 0.4) is 0 Å². The predicted molar refractivity (Wildman–Crippen MR) is 61.8 cm³/mol. The van der Waals surface area contributed by atoms with E-state index in [4.69, 9.17) is 0 Å². The highest BCUT2D eigenvalue weighted by molar-refractivity contribution is 7.09. The fraction of sp³-hybridized carbons (Fsp3) is 0. The summed E-state index contributed by atoms with van der Waals surface area (Å²) in [7, 11) is 0. The molecule has 1 aromatic carbocycles. The molecule has 8 heteroatoms. The van der Waals surface area contributed by atoms with E-state index in [-0.39, 0.29) is 5.91 Å². The van der Waals surface area contributed by atoms with Crippen LogP contribution in [0.15, 0.2) is 24.4 Å². The maximum absolute atomic E-state index is 11.8. The molecule has 2 heterocycles. The second-order valence-electron chi connectivity index (χ2n) is 3.29. The van der Waals surface area contributed by atoms with Gasteiger partial charge in [0.1, 0.15) is 0 Å². The van der Waals surface area contributed by atoms with E-state index in [2.05, 4.69) is 30.3 Å². The summed E-state index contributed by atoms with van der Waals surface area (Å²) < 4.78 is 3.56. The molecular weight excluding hydrogens is 240 g/mol. The highest BCUT2D eigenvalue weighted by Gasteiger charge is 2.09. The van der Waals surface area contributed by atoms with Crippen molar-refractivity contribution in [3.05, 3.63) is 30.0 Å². The van der Waals surface area contributed by atoms with Crippen molar-refractivity contribution < 1.29 is 4.79 Å². The number of nitrogens with one attached hydrogen (secondary N) is 2. The molecule has 17 heavy (non-hydrogen) atoms. The number of aromatic nitrogens is 5. The van der Waals surface area contributed by atoms with Crippen LogP contribution < -0.4 is 5.32 Å². The van der Waals surface area contributed by atoms with E-state index in [1.807, 2.05) is 6.07 Å². The first-order valence-corrected chi connectivity index (χ1v) is 5.50. The summed E-state index contributed by atoms with van der Waals surface area (Å²) in [6, 6.07) is 5.28. The van der Waals surface area contributed by atoms with Crippen LogP contribution in [0.5, 0.6) is 0 Å². The second kappa shape index (κ2) is 3.91. The molecule has 0 aliphatic heterocycles. The minimum absolute atomic E-state index is 0.250. The maximum Gasteiger partial charge on any atom is 0.257 e. The molecule has 0 bridgehead atoms. The Morgan fingerprint density at radius 3 is 3.18 bits per heavy atom. The molecule has 3 rings (SSSR count). The number of benzene rings is 1. The molecule has 3 aromatic rings. The number of carbonyl (C=O) groups is 1. The molecule has 2 N–H and O–H groups in total. The van der Waals surface area contributed by atoms with Gasteiger partial charge in [0.05, 0.1) is 11.7 Å². The number of hydrogen-bond donors (Lipinski definition) is 2. The van der Waals surface area contributed by atoms with Gasteiger partial charge >= 0.3 is 0 Å². The Balaban J connectivity index is 1.90. The summed E-state index contributed by atoms with van der Waals surface area (Å²) in [6.07, 6.45) is 1.70. The Kier molecular flexibility index (Phi) is 2.26. The third-order valence-electron chi connectivity index (χ3n) is 2.22. The highest BCUT2D eigenvalue weighted by Crippen LogP contribution is 2.14. The summed E-state index contributed by atoms with van der Waals surface area (Å²) in [5, 5.41) is 17.7. The second-order valence-corrected chi connectivity index (χ2v) is 4.03. The van der Waals surface area contributed by atoms with Gasteiger partial charge in [-0.25, -0.2) is 0 Å². The monoisotopic (exact) mass is 246 g/mol. The topological polar surface area (TPSA) is 96.5 Å². The lowest BCUT2D eigenvalue weighted by Crippen LogP contribution is -2.11. The summed E-state index contributed by atoms with van der Waals surface area (Å²) in [6.45, 7) is 0. The molecule has 0 atom stereocenters. The predicted octanol–water partition coefficient (Wildman–Crippen LogP) is 1.06. The van der Waals surface area contributed by atoms with Crippen molar-refractivity contribution in [3.8, 4) is 0 Å². The molecule has 0 radical (unpaired) electrons. The van der Waals surface area contributed by atoms with Crippen LogP contribution >= 0.6 is 11.5 Å². The number of carbonyl (C=O) groups excluding carboxylic acids is 1. The largest absolute Gasteiger partial charge is 0.295 e. The SMILES string of the molecule is O=C(Nc1nnns1)c1ccc2cn[nH]c2c1. The lowest BCUT2D eigenvalue weighted by Gasteiger charge is -2.00. The average Bonchev–Trinajstić information content (AvgIpc) is 2.97. The van der Waals surface area contributed by atoms with E-state index in [0.29, 0.717) is 10.7 Å². The number of aromatic amines is 1. The molecule has 2 aromatic heterocycles. The van der Waals surface area contributed by atoms with Gasteiger partial charge in [0.25, 0.3) is 5.91 Å². The number of anilines is 1. The van der Waals surface area contributed by atoms with Crippen molar-refractivity contribution in [1.29, 1.82) is 0 Å². The number of amides is 1. The Morgan fingerprint density at radius 1 is 1.41 bits per heavy atom. The number of rotatable bonds is 2. The molecule has 0 saturated carbocycles. The van der Waals surface area contributed by atoms with E-state index in [0.717, 1.165) is 22.4 Å². The smallest absolute Gasteiger partial charge is 0.257 e. The molecule has 0 spiro atoms. The maximum atomic E-state index is 11.8. The van der Waals surface area contributed by atoms with E-state index in [9.17, 15) is 4.79 Å². The highest BCUT2D eigenvalue weighted by atomic mass is 32.1. The molecule has 0 fully saturated rings. The zero-order valence-electron chi connectivity index (χ0n) is 8.41. The molecule has 0 aliphatic carbocycles. The van der Waals surface area contributed by atoms with E-state index in [1.54, 1.807) is 18.3 Å². The van der Waals surface area contributed by atoms with Crippen LogP contribution in [-0.4, -0.2) is 30.9 Å². The first-order valence-electron chi connectivity index (χ1n) is 4.72. The van der Waals surface area contributed by atoms with Gasteiger partial charge in [0, 0.05) is 22.5 Å². The summed E-state index contributed by atoms with van der Waals surface area (Å²) in [5.74, 6) is -0.250.